The van der Waals surface area contributed by atoms with Gasteiger partial charge in [-0.2, -0.15) is 0 Å². The third kappa shape index (κ3) is 3.60. The van der Waals surface area contributed by atoms with E-state index in [-0.39, 0.29) is 5.91 Å². The molecular weight excluding hydrogens is 306 g/mol. The molecule has 4 nitrogen and oxygen atoms in total. The third-order valence-electron chi connectivity index (χ3n) is 3.70. The van der Waals surface area contributed by atoms with Crippen molar-refractivity contribution in [3.05, 3.63) is 22.4 Å². The standard InChI is InChI=1S/C14H22BrN3O/c1-3-18-10-12(15)7-13(18)14(19)17(2)9-11-5-4-6-16-8-11/h7,10-11,16H,3-6,8-9H2,1-2H3. The molecule has 1 amide bonds. The number of piperidine rings is 1. The molecule has 0 radical (unpaired) electrons. The first-order chi connectivity index (χ1) is 9.11. The molecule has 1 unspecified atom stereocenters. The van der Waals surface area contributed by atoms with E-state index >= 15 is 0 Å². The van der Waals surface area contributed by atoms with Crippen molar-refractivity contribution in [3.8, 4) is 0 Å². The van der Waals surface area contributed by atoms with E-state index in [1.807, 2.05) is 35.7 Å². The Morgan fingerprint density at radius 3 is 3.05 bits per heavy atom. The van der Waals surface area contributed by atoms with Gasteiger partial charge in [0.25, 0.3) is 5.91 Å². The second kappa shape index (κ2) is 6.57. The minimum atomic E-state index is 0.109. The van der Waals surface area contributed by atoms with Gasteiger partial charge in [-0.15, -0.1) is 0 Å². The summed E-state index contributed by atoms with van der Waals surface area (Å²) in [5.74, 6) is 0.689. The van der Waals surface area contributed by atoms with Crippen molar-refractivity contribution in [1.29, 1.82) is 0 Å². The van der Waals surface area contributed by atoms with E-state index in [1.54, 1.807) is 0 Å². The summed E-state index contributed by atoms with van der Waals surface area (Å²) in [6.07, 6.45) is 4.38. The summed E-state index contributed by atoms with van der Waals surface area (Å²) in [6, 6.07) is 1.90. The van der Waals surface area contributed by atoms with Crippen LogP contribution in [-0.2, 0) is 6.54 Å². The van der Waals surface area contributed by atoms with E-state index in [1.165, 1.54) is 12.8 Å². The maximum atomic E-state index is 12.5. The summed E-state index contributed by atoms with van der Waals surface area (Å²) in [7, 11) is 1.90. The summed E-state index contributed by atoms with van der Waals surface area (Å²) in [5.41, 5.74) is 0.764. The molecule has 1 aromatic heterocycles. The number of hydrogen-bond donors (Lipinski definition) is 1. The summed E-state index contributed by atoms with van der Waals surface area (Å²) >= 11 is 3.44. The first kappa shape index (κ1) is 14.6. The van der Waals surface area contributed by atoms with Gasteiger partial charge in [0.2, 0.25) is 0 Å². The average Bonchev–Trinajstić information content (AvgIpc) is 2.80. The number of aromatic nitrogens is 1. The molecule has 5 heteroatoms. The van der Waals surface area contributed by atoms with Crippen LogP contribution in [0.3, 0.4) is 0 Å². The molecule has 1 N–H and O–H groups in total. The topological polar surface area (TPSA) is 37.3 Å². The Kier molecular flexibility index (Phi) is 5.05. The van der Waals surface area contributed by atoms with Crippen molar-refractivity contribution in [2.45, 2.75) is 26.3 Å². The number of halogens is 1. The Labute approximate surface area is 123 Å². The summed E-state index contributed by atoms with van der Waals surface area (Å²) < 4.78 is 2.95. The van der Waals surface area contributed by atoms with Gasteiger partial charge in [-0.1, -0.05) is 0 Å². The zero-order valence-corrected chi connectivity index (χ0v) is 13.2. The Hall–Kier alpha value is -0.810. The molecule has 1 saturated heterocycles. The minimum absolute atomic E-state index is 0.109. The fraction of sp³-hybridized carbons (Fsp3) is 0.643. The SMILES string of the molecule is CCn1cc(Br)cc1C(=O)N(C)CC1CCCNC1. The van der Waals surface area contributed by atoms with Crippen LogP contribution in [0.5, 0.6) is 0 Å². The monoisotopic (exact) mass is 327 g/mol. The van der Waals surface area contributed by atoms with Crippen LogP contribution in [0.1, 0.15) is 30.3 Å². The molecule has 106 valence electrons. The first-order valence-corrected chi connectivity index (χ1v) is 7.73. The van der Waals surface area contributed by atoms with Gasteiger partial charge in [-0.25, -0.2) is 0 Å². The molecule has 2 heterocycles. The highest BCUT2D eigenvalue weighted by atomic mass is 79.9. The fourth-order valence-corrected chi connectivity index (χ4v) is 3.12. The normalized spacial score (nSPS) is 19.4. The number of nitrogens with zero attached hydrogens (tertiary/aromatic N) is 2. The lowest BCUT2D eigenvalue weighted by Crippen LogP contribution is -2.39. The van der Waals surface area contributed by atoms with Gasteiger partial charge in [0, 0.05) is 30.8 Å². The predicted molar refractivity (Wildman–Crippen MR) is 80.4 cm³/mol. The van der Waals surface area contributed by atoms with Crippen LogP contribution in [0.2, 0.25) is 0 Å². The fourth-order valence-electron chi connectivity index (χ4n) is 2.66. The zero-order chi connectivity index (χ0) is 13.8. The van der Waals surface area contributed by atoms with Crippen LogP contribution < -0.4 is 5.32 Å². The number of carbonyl (C=O) groups excluding carboxylic acids is 1. The smallest absolute Gasteiger partial charge is 0.270 e. The molecule has 0 spiro atoms. The van der Waals surface area contributed by atoms with Gasteiger partial charge in [-0.05, 0) is 60.8 Å². The van der Waals surface area contributed by atoms with E-state index in [0.717, 1.165) is 36.3 Å². The Balaban J connectivity index is 2.01. The minimum Gasteiger partial charge on any atom is -0.343 e. The molecule has 1 aliphatic rings. The van der Waals surface area contributed by atoms with Crippen molar-refractivity contribution in [2.24, 2.45) is 5.92 Å². The maximum absolute atomic E-state index is 12.5. The molecule has 1 fully saturated rings. The first-order valence-electron chi connectivity index (χ1n) is 6.93. The number of amides is 1. The van der Waals surface area contributed by atoms with E-state index in [4.69, 9.17) is 0 Å². The summed E-state index contributed by atoms with van der Waals surface area (Å²) in [6.45, 7) is 5.83. The highest BCUT2D eigenvalue weighted by molar-refractivity contribution is 9.10. The lowest BCUT2D eigenvalue weighted by Gasteiger charge is -2.27. The van der Waals surface area contributed by atoms with Crippen molar-refractivity contribution in [2.75, 3.05) is 26.7 Å². The van der Waals surface area contributed by atoms with Crippen LogP contribution in [0, 0.1) is 5.92 Å². The van der Waals surface area contributed by atoms with E-state index in [0.29, 0.717) is 5.92 Å². The molecular formula is C14H22BrN3O. The summed E-state index contributed by atoms with van der Waals surface area (Å²) in [5, 5.41) is 3.39. The molecule has 1 aliphatic heterocycles. The van der Waals surface area contributed by atoms with Crippen molar-refractivity contribution in [1.82, 2.24) is 14.8 Å². The molecule has 0 aromatic carbocycles. The van der Waals surface area contributed by atoms with Gasteiger partial charge in [0.15, 0.2) is 0 Å². The van der Waals surface area contributed by atoms with Gasteiger partial charge >= 0.3 is 0 Å². The molecule has 1 aromatic rings. The van der Waals surface area contributed by atoms with Gasteiger partial charge in [-0.3, -0.25) is 4.79 Å². The van der Waals surface area contributed by atoms with Crippen molar-refractivity contribution < 1.29 is 4.79 Å². The lowest BCUT2D eigenvalue weighted by atomic mass is 9.99. The second-order valence-electron chi connectivity index (χ2n) is 5.23. The largest absolute Gasteiger partial charge is 0.343 e. The third-order valence-corrected chi connectivity index (χ3v) is 4.13. The van der Waals surface area contributed by atoms with E-state index in [9.17, 15) is 4.79 Å². The Morgan fingerprint density at radius 2 is 2.42 bits per heavy atom. The van der Waals surface area contributed by atoms with Crippen LogP contribution >= 0.6 is 15.9 Å². The molecule has 1 atom stereocenters. The van der Waals surface area contributed by atoms with Gasteiger partial charge in [0.1, 0.15) is 5.69 Å². The van der Waals surface area contributed by atoms with Crippen LogP contribution in [0.4, 0.5) is 0 Å². The highest BCUT2D eigenvalue weighted by Crippen LogP contribution is 2.18. The van der Waals surface area contributed by atoms with Crippen molar-refractivity contribution in [3.63, 3.8) is 0 Å². The number of carbonyl (C=O) groups is 1. The van der Waals surface area contributed by atoms with E-state index < -0.39 is 0 Å². The highest BCUT2D eigenvalue weighted by Gasteiger charge is 2.21. The number of hydrogen-bond acceptors (Lipinski definition) is 2. The number of aryl methyl sites for hydroxylation is 1. The Morgan fingerprint density at radius 1 is 1.63 bits per heavy atom. The zero-order valence-electron chi connectivity index (χ0n) is 11.7. The molecule has 0 bridgehead atoms. The number of nitrogens with one attached hydrogen (secondary N) is 1. The molecule has 19 heavy (non-hydrogen) atoms. The van der Waals surface area contributed by atoms with Crippen LogP contribution in [0.15, 0.2) is 16.7 Å². The average molecular weight is 328 g/mol. The van der Waals surface area contributed by atoms with E-state index in [2.05, 4.69) is 21.2 Å². The lowest BCUT2D eigenvalue weighted by molar-refractivity contribution is 0.0754. The van der Waals surface area contributed by atoms with Crippen LogP contribution in [0.25, 0.3) is 0 Å². The molecule has 0 aliphatic carbocycles. The quantitative estimate of drug-likeness (QED) is 0.921. The van der Waals surface area contributed by atoms with Crippen molar-refractivity contribution >= 4 is 21.8 Å². The second-order valence-corrected chi connectivity index (χ2v) is 6.14. The predicted octanol–water partition coefficient (Wildman–Crippen LogP) is 2.34. The maximum Gasteiger partial charge on any atom is 0.270 e. The van der Waals surface area contributed by atoms with Crippen LogP contribution in [-0.4, -0.2) is 42.1 Å². The summed E-state index contributed by atoms with van der Waals surface area (Å²) in [4.78, 5) is 14.3. The Bertz CT molecular complexity index is 438. The molecule has 0 saturated carbocycles. The van der Waals surface area contributed by atoms with Gasteiger partial charge < -0.3 is 14.8 Å². The van der Waals surface area contributed by atoms with Gasteiger partial charge in [0.05, 0.1) is 0 Å². The molecule has 2 rings (SSSR count). The number of rotatable bonds is 4.